The van der Waals surface area contributed by atoms with Crippen molar-refractivity contribution in [3.63, 3.8) is 0 Å². The second kappa shape index (κ2) is 44.1. The molecule has 8 heteroatoms. The number of carboxylic acid groups (broad SMARTS) is 1. The summed E-state index contributed by atoms with van der Waals surface area (Å²) in [5.74, 6) is -1.85. The van der Waals surface area contributed by atoms with E-state index >= 15 is 0 Å². The summed E-state index contributed by atoms with van der Waals surface area (Å²) in [6, 6.07) is -0.742. The van der Waals surface area contributed by atoms with Gasteiger partial charge in [0, 0.05) is 19.3 Å². The number of nitrogens with zero attached hydrogens (tertiary/aromatic N) is 1. The van der Waals surface area contributed by atoms with Crippen LogP contribution in [0.5, 0.6) is 0 Å². The molecule has 0 bridgehead atoms. The SMILES string of the molecule is CC/C=C/C/C=C/C/C=C/C/C=C/C/C=C/C/C=C/CCC(=O)OCC(COCCC(C(=O)[O-])[N+](C)(C)C)OC(=O)CCCCCCCCC/C=C/CCCCCCCCCC. The first-order valence-electron chi connectivity index (χ1n) is 24.6. The molecular formula is C54H91NO7. The van der Waals surface area contributed by atoms with Gasteiger partial charge >= 0.3 is 11.9 Å². The van der Waals surface area contributed by atoms with Crippen molar-refractivity contribution < 1.29 is 38.2 Å². The lowest BCUT2D eigenvalue weighted by Crippen LogP contribution is -2.55. The van der Waals surface area contributed by atoms with Crippen molar-refractivity contribution in [3.05, 3.63) is 85.1 Å². The number of hydrogen-bond donors (Lipinski definition) is 0. The molecule has 0 saturated heterocycles. The van der Waals surface area contributed by atoms with E-state index in [1.165, 1.54) is 89.9 Å². The van der Waals surface area contributed by atoms with Gasteiger partial charge in [-0.3, -0.25) is 9.59 Å². The number of hydrogen-bond acceptors (Lipinski definition) is 7. The standard InChI is InChI=1S/C54H91NO7/c1-6-8-10-12-14-16-18-20-22-24-26-28-30-32-34-36-38-40-42-44-52(56)61-49-50(48-60-47-46-51(54(58)59)55(3,4)5)62-53(57)45-43-41-39-37-35-33-31-29-27-25-23-21-19-17-15-13-11-9-7-2/h8,10,14,16,20,22,25-28,32,34,38,40,50-51H,6-7,9,11-13,15,17-19,21,23-24,29-31,33,35-37,39,41-49H2,1-5H3/b10-8+,16-14+,22-20+,27-25+,28-26+,34-32+,40-38+. The topological polar surface area (TPSA) is 102 Å². The Bertz CT molecular complexity index is 1290. The second-order valence-electron chi connectivity index (χ2n) is 17.3. The highest BCUT2D eigenvalue weighted by Crippen LogP contribution is 2.14. The maximum atomic E-state index is 12.8. The van der Waals surface area contributed by atoms with E-state index in [2.05, 4.69) is 86.8 Å². The van der Waals surface area contributed by atoms with Crippen LogP contribution in [0.3, 0.4) is 0 Å². The average molecular weight is 866 g/mol. The van der Waals surface area contributed by atoms with Crippen LogP contribution >= 0.6 is 0 Å². The van der Waals surface area contributed by atoms with E-state index in [-0.39, 0.29) is 49.1 Å². The Morgan fingerprint density at radius 2 is 0.935 bits per heavy atom. The molecule has 0 aliphatic carbocycles. The summed E-state index contributed by atoms with van der Waals surface area (Å²) in [5, 5.41) is 11.7. The van der Waals surface area contributed by atoms with Gasteiger partial charge in [0.1, 0.15) is 12.6 Å². The van der Waals surface area contributed by atoms with Gasteiger partial charge in [-0.1, -0.05) is 176 Å². The van der Waals surface area contributed by atoms with Crippen molar-refractivity contribution in [1.82, 2.24) is 0 Å². The number of unbranched alkanes of at least 4 members (excludes halogenated alkanes) is 15. The molecule has 0 amide bonds. The fourth-order valence-corrected chi connectivity index (χ4v) is 6.74. The molecule has 0 aliphatic rings. The number of rotatable bonds is 43. The highest BCUT2D eigenvalue weighted by atomic mass is 16.6. The highest BCUT2D eigenvalue weighted by molar-refractivity contribution is 5.70. The van der Waals surface area contributed by atoms with E-state index in [4.69, 9.17) is 14.2 Å². The fraction of sp³-hybridized carbons (Fsp3) is 0.685. The van der Waals surface area contributed by atoms with Crippen molar-refractivity contribution in [3.8, 4) is 0 Å². The van der Waals surface area contributed by atoms with Crippen LogP contribution in [0.15, 0.2) is 85.1 Å². The predicted octanol–water partition coefficient (Wildman–Crippen LogP) is 12.7. The van der Waals surface area contributed by atoms with Gasteiger partial charge in [0.2, 0.25) is 0 Å². The molecule has 0 fully saturated rings. The molecule has 62 heavy (non-hydrogen) atoms. The molecule has 0 saturated carbocycles. The number of carboxylic acids is 1. The van der Waals surface area contributed by atoms with Crippen LogP contribution in [0.4, 0.5) is 0 Å². The number of carbonyl (C=O) groups is 3. The molecule has 354 valence electrons. The molecule has 0 N–H and O–H groups in total. The summed E-state index contributed by atoms with van der Waals surface area (Å²) < 4.78 is 17.1. The van der Waals surface area contributed by atoms with E-state index in [0.717, 1.165) is 57.8 Å². The van der Waals surface area contributed by atoms with E-state index in [0.29, 0.717) is 12.8 Å². The number of allylic oxidation sites excluding steroid dienone is 14. The lowest BCUT2D eigenvalue weighted by Gasteiger charge is -2.34. The zero-order valence-electron chi connectivity index (χ0n) is 40.3. The molecule has 0 heterocycles. The minimum atomic E-state index is -1.14. The Morgan fingerprint density at radius 3 is 1.40 bits per heavy atom. The first-order chi connectivity index (χ1) is 30.1. The molecule has 8 nitrogen and oxygen atoms in total. The van der Waals surface area contributed by atoms with Crippen LogP contribution in [-0.4, -0.2) is 75.5 Å². The number of ether oxygens (including phenoxy) is 3. The third-order valence-corrected chi connectivity index (χ3v) is 10.5. The van der Waals surface area contributed by atoms with E-state index in [9.17, 15) is 19.5 Å². The van der Waals surface area contributed by atoms with Crippen LogP contribution in [0.1, 0.15) is 187 Å². The summed E-state index contributed by atoms with van der Waals surface area (Å²) in [7, 11) is 5.38. The van der Waals surface area contributed by atoms with Gasteiger partial charge in [-0.25, -0.2) is 0 Å². The molecule has 0 aromatic heterocycles. The number of esters is 2. The molecular weight excluding hydrogens is 775 g/mol. The molecule has 2 atom stereocenters. The zero-order valence-corrected chi connectivity index (χ0v) is 40.3. The van der Waals surface area contributed by atoms with Crippen molar-refractivity contribution in [1.29, 1.82) is 0 Å². The Labute approximate surface area is 380 Å². The van der Waals surface area contributed by atoms with E-state index in [1.807, 2.05) is 12.2 Å². The normalized spacial score (nSPS) is 13.6. The van der Waals surface area contributed by atoms with Crippen molar-refractivity contribution in [2.75, 3.05) is 41.0 Å². The number of quaternary nitrogens is 1. The molecule has 0 radical (unpaired) electrons. The first-order valence-corrected chi connectivity index (χ1v) is 24.6. The fourth-order valence-electron chi connectivity index (χ4n) is 6.74. The van der Waals surface area contributed by atoms with Crippen LogP contribution < -0.4 is 5.11 Å². The Hall–Kier alpha value is -3.49. The highest BCUT2D eigenvalue weighted by Gasteiger charge is 2.25. The van der Waals surface area contributed by atoms with Crippen molar-refractivity contribution in [2.24, 2.45) is 0 Å². The molecule has 0 aliphatic heterocycles. The quantitative estimate of drug-likeness (QED) is 0.0260. The number of aliphatic carboxylic acids is 1. The largest absolute Gasteiger partial charge is 0.544 e. The third-order valence-electron chi connectivity index (χ3n) is 10.5. The first kappa shape index (κ1) is 58.5. The van der Waals surface area contributed by atoms with Gasteiger partial charge in [-0.05, 0) is 77.0 Å². The maximum absolute atomic E-state index is 12.8. The summed E-state index contributed by atoms with van der Waals surface area (Å²) in [6.45, 7) is 4.46. The zero-order chi connectivity index (χ0) is 45.6. The molecule has 0 rings (SSSR count). The van der Waals surface area contributed by atoms with Crippen LogP contribution in [0.25, 0.3) is 0 Å². The third kappa shape index (κ3) is 41.8. The molecule has 0 aromatic carbocycles. The summed E-state index contributed by atoms with van der Waals surface area (Å²) >= 11 is 0. The summed E-state index contributed by atoms with van der Waals surface area (Å²) in [5.41, 5.74) is 0. The predicted molar refractivity (Wildman–Crippen MR) is 258 cm³/mol. The lowest BCUT2D eigenvalue weighted by atomic mass is 10.1. The Morgan fingerprint density at radius 1 is 0.500 bits per heavy atom. The van der Waals surface area contributed by atoms with Gasteiger partial charge < -0.3 is 28.6 Å². The van der Waals surface area contributed by atoms with Gasteiger partial charge in [0.15, 0.2) is 6.10 Å². The average Bonchev–Trinajstić information content (AvgIpc) is 3.23. The minimum absolute atomic E-state index is 0.0114. The van der Waals surface area contributed by atoms with Crippen molar-refractivity contribution >= 4 is 17.9 Å². The maximum Gasteiger partial charge on any atom is 0.306 e. The van der Waals surface area contributed by atoms with Gasteiger partial charge in [0.25, 0.3) is 0 Å². The smallest absolute Gasteiger partial charge is 0.306 e. The van der Waals surface area contributed by atoms with E-state index in [1.54, 1.807) is 21.1 Å². The molecule has 2 unspecified atom stereocenters. The van der Waals surface area contributed by atoms with Crippen LogP contribution in [0.2, 0.25) is 0 Å². The van der Waals surface area contributed by atoms with E-state index < -0.39 is 18.1 Å². The summed E-state index contributed by atoms with van der Waals surface area (Å²) in [4.78, 5) is 37.0. The number of likely N-dealkylation sites (N-methyl/N-ethyl adjacent to an activating group) is 1. The molecule has 0 spiro atoms. The van der Waals surface area contributed by atoms with Gasteiger partial charge in [-0.2, -0.15) is 0 Å². The summed E-state index contributed by atoms with van der Waals surface area (Å²) in [6.07, 6.45) is 57.7. The Kier molecular flexibility index (Phi) is 41.6. The van der Waals surface area contributed by atoms with Crippen molar-refractivity contribution in [2.45, 2.75) is 199 Å². The van der Waals surface area contributed by atoms with Crippen LogP contribution in [-0.2, 0) is 28.6 Å². The van der Waals surface area contributed by atoms with Gasteiger partial charge in [-0.15, -0.1) is 0 Å². The second-order valence-corrected chi connectivity index (χ2v) is 17.3. The van der Waals surface area contributed by atoms with Crippen LogP contribution in [0, 0.1) is 0 Å². The molecule has 0 aromatic rings. The Balaban J connectivity index is 4.41. The minimum Gasteiger partial charge on any atom is -0.544 e. The monoisotopic (exact) mass is 866 g/mol. The number of carbonyl (C=O) groups excluding carboxylic acids is 3. The van der Waals surface area contributed by atoms with Gasteiger partial charge in [0.05, 0.1) is 40.3 Å². The lowest BCUT2D eigenvalue weighted by molar-refractivity contribution is -0.889.